The van der Waals surface area contributed by atoms with Crippen LogP contribution in [0.3, 0.4) is 0 Å². The van der Waals surface area contributed by atoms with Gasteiger partial charge in [-0.25, -0.2) is 0 Å². The number of hydrogen-bond donors (Lipinski definition) is 1. The van der Waals surface area contributed by atoms with Crippen molar-refractivity contribution >= 4 is 79.6 Å². The first-order valence-electron chi connectivity index (χ1n) is 5.95. The van der Waals surface area contributed by atoms with E-state index in [1.165, 1.54) is 0 Å². The highest BCUT2D eigenvalue weighted by Crippen LogP contribution is 2.24. The summed E-state index contributed by atoms with van der Waals surface area (Å²) in [6, 6.07) is 3.54. The van der Waals surface area contributed by atoms with Gasteiger partial charge < -0.3 is 10.0 Å². The number of benzene rings is 1. The molecule has 0 saturated carbocycles. The molecule has 0 saturated heterocycles. The van der Waals surface area contributed by atoms with Gasteiger partial charge in [-0.15, -0.1) is 0 Å². The van der Waals surface area contributed by atoms with E-state index in [1.807, 2.05) is 19.1 Å². The van der Waals surface area contributed by atoms with Gasteiger partial charge in [0.15, 0.2) is 0 Å². The molecule has 0 spiro atoms. The number of hydrogen-bond acceptors (Lipinski definition) is 2. The smallest absolute Gasteiger partial charge is 0.305 e. The lowest BCUT2D eigenvalue weighted by Gasteiger charge is -2.27. The van der Waals surface area contributed by atoms with E-state index in [2.05, 4.69) is 67.8 Å². The maximum Gasteiger partial charge on any atom is 0.305 e. The minimum Gasteiger partial charge on any atom is -0.481 e. The lowest BCUT2D eigenvalue weighted by molar-refractivity contribution is -0.138. The van der Waals surface area contributed by atoms with Crippen molar-refractivity contribution in [2.45, 2.75) is 26.3 Å². The molecule has 0 fully saturated rings. The Bertz CT molecular complexity index is 534. The normalized spacial score (nSPS) is 12.1. The average Bonchev–Trinajstić information content (AvgIpc) is 2.33. The molecule has 0 aromatic heterocycles. The molecule has 1 rings (SSSR count). The molecule has 1 N–H and O–H groups in total. The Morgan fingerprint density at radius 2 is 1.90 bits per heavy atom. The van der Waals surface area contributed by atoms with E-state index < -0.39 is 5.97 Å². The van der Waals surface area contributed by atoms with Crippen molar-refractivity contribution in [3.05, 3.63) is 28.4 Å². The molecule has 0 aliphatic heterocycles. The monoisotopic (exact) mass is 613 g/mol. The molecule has 110 valence electrons. The standard InChI is InChI=1S/C13H14I3NO3/c1-3-17(7(2)4-11(18)19)13(20)9-5-8(14)6-10(15)12(9)16/h5-7H,3-4H2,1-2H3,(H,18,19). The first kappa shape index (κ1) is 18.4. The quantitative estimate of drug-likeness (QED) is 0.407. The van der Waals surface area contributed by atoms with Gasteiger partial charge in [0.1, 0.15) is 0 Å². The molecule has 7 heteroatoms. The van der Waals surface area contributed by atoms with Crippen LogP contribution < -0.4 is 0 Å². The van der Waals surface area contributed by atoms with Crippen molar-refractivity contribution < 1.29 is 14.7 Å². The molecule has 20 heavy (non-hydrogen) atoms. The number of nitrogens with zero attached hydrogens (tertiary/aromatic N) is 1. The van der Waals surface area contributed by atoms with E-state index in [9.17, 15) is 9.59 Å². The van der Waals surface area contributed by atoms with Crippen molar-refractivity contribution in [2.75, 3.05) is 6.54 Å². The van der Waals surface area contributed by atoms with Crippen LogP contribution in [0.4, 0.5) is 0 Å². The molecule has 4 nitrogen and oxygen atoms in total. The van der Waals surface area contributed by atoms with Gasteiger partial charge >= 0.3 is 5.97 Å². The number of amides is 1. The van der Waals surface area contributed by atoms with E-state index >= 15 is 0 Å². The van der Waals surface area contributed by atoms with Crippen LogP contribution in [0, 0.1) is 10.7 Å². The zero-order chi connectivity index (χ0) is 15.4. The molecule has 1 atom stereocenters. The predicted molar refractivity (Wildman–Crippen MR) is 103 cm³/mol. The van der Waals surface area contributed by atoms with Crippen molar-refractivity contribution in [1.82, 2.24) is 4.90 Å². The molecule has 0 bridgehead atoms. The molecule has 1 amide bonds. The topological polar surface area (TPSA) is 57.6 Å². The minimum atomic E-state index is -0.893. The van der Waals surface area contributed by atoms with Crippen LogP contribution >= 0.6 is 67.8 Å². The Morgan fingerprint density at radius 3 is 2.40 bits per heavy atom. The molecule has 1 aromatic rings. The van der Waals surface area contributed by atoms with Crippen molar-refractivity contribution in [2.24, 2.45) is 0 Å². The second-order valence-corrected chi connectivity index (χ2v) is 7.77. The van der Waals surface area contributed by atoms with E-state index in [0.717, 1.165) is 10.7 Å². The van der Waals surface area contributed by atoms with E-state index in [0.29, 0.717) is 12.1 Å². The predicted octanol–water partition coefficient (Wildman–Crippen LogP) is 3.83. The third-order valence-corrected chi connectivity index (χ3v) is 6.49. The van der Waals surface area contributed by atoms with Crippen molar-refractivity contribution in [3.8, 4) is 0 Å². The minimum absolute atomic E-state index is 0.0445. The zero-order valence-corrected chi connectivity index (χ0v) is 17.5. The summed E-state index contributed by atoms with van der Waals surface area (Å²) in [5.41, 5.74) is 0.640. The number of rotatable bonds is 5. The third kappa shape index (κ3) is 4.68. The summed E-state index contributed by atoms with van der Waals surface area (Å²) in [6.45, 7) is 4.12. The summed E-state index contributed by atoms with van der Waals surface area (Å²) in [5.74, 6) is -1.00. The summed E-state index contributed by atoms with van der Waals surface area (Å²) in [6.07, 6.45) is -0.0445. The van der Waals surface area contributed by atoms with Gasteiger partial charge in [0.05, 0.1) is 12.0 Å². The zero-order valence-electron chi connectivity index (χ0n) is 11.0. The van der Waals surface area contributed by atoms with Gasteiger partial charge in [-0.05, 0) is 93.8 Å². The van der Waals surface area contributed by atoms with Gasteiger partial charge in [0.25, 0.3) is 5.91 Å². The number of aliphatic carboxylic acids is 1. The largest absolute Gasteiger partial charge is 0.481 e. The fourth-order valence-corrected chi connectivity index (χ4v) is 4.27. The second-order valence-electron chi connectivity index (χ2n) is 4.29. The van der Waals surface area contributed by atoms with Crippen LogP contribution in [0.25, 0.3) is 0 Å². The number of carboxylic acid groups (broad SMARTS) is 1. The highest BCUT2D eigenvalue weighted by Gasteiger charge is 2.24. The summed E-state index contributed by atoms with van der Waals surface area (Å²) in [4.78, 5) is 25.1. The summed E-state index contributed by atoms with van der Waals surface area (Å²) >= 11 is 6.55. The summed E-state index contributed by atoms with van der Waals surface area (Å²) in [7, 11) is 0. The van der Waals surface area contributed by atoms with Crippen LogP contribution in [0.5, 0.6) is 0 Å². The highest BCUT2D eigenvalue weighted by molar-refractivity contribution is 14.1. The first-order valence-corrected chi connectivity index (χ1v) is 9.18. The number of halogens is 3. The van der Waals surface area contributed by atoms with Crippen LogP contribution in [0.2, 0.25) is 0 Å². The third-order valence-electron chi connectivity index (χ3n) is 2.83. The van der Waals surface area contributed by atoms with Gasteiger partial charge in [-0.3, -0.25) is 9.59 Å². The Morgan fingerprint density at radius 1 is 1.30 bits per heavy atom. The van der Waals surface area contributed by atoms with Gasteiger partial charge in [-0.1, -0.05) is 0 Å². The lowest BCUT2D eigenvalue weighted by atomic mass is 10.1. The molecule has 0 radical (unpaired) electrons. The van der Waals surface area contributed by atoms with Crippen LogP contribution in [0.15, 0.2) is 12.1 Å². The summed E-state index contributed by atoms with van der Waals surface area (Å²) < 4.78 is 2.94. The maximum atomic E-state index is 12.6. The second kappa shape index (κ2) is 8.11. The Kier molecular flexibility index (Phi) is 7.46. The van der Waals surface area contributed by atoms with Crippen LogP contribution in [-0.4, -0.2) is 34.5 Å². The molecular weight excluding hydrogens is 599 g/mol. The van der Waals surface area contributed by atoms with Crippen LogP contribution in [-0.2, 0) is 4.79 Å². The van der Waals surface area contributed by atoms with E-state index in [-0.39, 0.29) is 18.4 Å². The number of carboxylic acids is 1. The molecule has 1 unspecified atom stereocenters. The first-order chi connectivity index (χ1) is 9.27. The Balaban J connectivity index is 3.11. The lowest BCUT2D eigenvalue weighted by Crippen LogP contribution is -2.40. The summed E-state index contributed by atoms with van der Waals surface area (Å²) in [5, 5.41) is 8.88. The molecule has 0 aliphatic carbocycles. The maximum absolute atomic E-state index is 12.6. The number of carbonyl (C=O) groups is 2. The van der Waals surface area contributed by atoms with E-state index in [4.69, 9.17) is 5.11 Å². The molecule has 0 heterocycles. The van der Waals surface area contributed by atoms with Gasteiger partial charge in [0.2, 0.25) is 0 Å². The van der Waals surface area contributed by atoms with Crippen LogP contribution in [0.1, 0.15) is 30.6 Å². The highest BCUT2D eigenvalue weighted by atomic mass is 127. The fraction of sp³-hybridized carbons (Fsp3) is 0.385. The van der Waals surface area contributed by atoms with Crippen molar-refractivity contribution in [1.29, 1.82) is 0 Å². The van der Waals surface area contributed by atoms with E-state index in [1.54, 1.807) is 11.8 Å². The number of carbonyl (C=O) groups excluding carboxylic acids is 1. The SMILES string of the molecule is CCN(C(=O)c1cc(I)cc(I)c1I)C(C)CC(=O)O. The van der Waals surface area contributed by atoms with Gasteiger partial charge in [-0.2, -0.15) is 0 Å². The Labute approximate surface area is 159 Å². The molecule has 1 aromatic carbocycles. The van der Waals surface area contributed by atoms with Gasteiger partial charge in [0, 0.05) is 23.3 Å². The average molecular weight is 613 g/mol. The molecule has 0 aliphatic rings. The van der Waals surface area contributed by atoms with Crippen molar-refractivity contribution in [3.63, 3.8) is 0 Å². The molecular formula is C13H14I3NO3. The Hall–Kier alpha value is 0.350. The fourth-order valence-electron chi connectivity index (χ4n) is 1.88.